The first-order valence-electron chi connectivity index (χ1n) is 6.69. The van der Waals surface area contributed by atoms with Crippen LogP contribution in [0.15, 0.2) is 40.9 Å². The van der Waals surface area contributed by atoms with E-state index in [9.17, 15) is 14.9 Å². The Morgan fingerprint density at radius 3 is 2.29 bits per heavy atom. The zero-order chi connectivity index (χ0) is 17.7. The van der Waals surface area contributed by atoms with Gasteiger partial charge in [0.25, 0.3) is 11.6 Å². The van der Waals surface area contributed by atoms with E-state index in [1.54, 1.807) is 6.07 Å². The summed E-state index contributed by atoms with van der Waals surface area (Å²) in [5.41, 5.74) is 5.25. The number of hydrogen-bond donors (Lipinski definition) is 2. The van der Waals surface area contributed by atoms with Crippen LogP contribution in [-0.2, 0) is 0 Å². The summed E-state index contributed by atoms with van der Waals surface area (Å²) >= 11 is 3.31. The average molecular weight is 396 g/mol. The minimum atomic E-state index is -0.541. The van der Waals surface area contributed by atoms with E-state index < -0.39 is 10.8 Å². The molecule has 2 aromatic carbocycles. The molecular formula is C15H14BrN3O5. The Bertz CT molecular complexity index is 756. The number of nitro benzene ring substituents is 1. The highest BCUT2D eigenvalue weighted by Crippen LogP contribution is 2.35. The summed E-state index contributed by atoms with van der Waals surface area (Å²) < 4.78 is 10.9. The van der Waals surface area contributed by atoms with Gasteiger partial charge >= 0.3 is 0 Å². The molecule has 0 aliphatic rings. The monoisotopic (exact) mass is 395 g/mol. The quantitative estimate of drug-likeness (QED) is 0.575. The molecule has 0 saturated carbocycles. The smallest absolute Gasteiger partial charge is 0.294 e. The molecule has 0 bridgehead atoms. The first-order chi connectivity index (χ1) is 11.5. The van der Waals surface area contributed by atoms with Crippen molar-refractivity contribution in [1.29, 1.82) is 0 Å². The zero-order valence-electron chi connectivity index (χ0n) is 12.8. The van der Waals surface area contributed by atoms with Crippen molar-refractivity contribution in [2.75, 3.05) is 19.6 Å². The molecule has 8 nitrogen and oxygen atoms in total. The van der Waals surface area contributed by atoms with Crippen LogP contribution in [-0.4, -0.2) is 25.1 Å². The number of halogens is 1. The largest absolute Gasteiger partial charge is 0.495 e. The van der Waals surface area contributed by atoms with Crippen LogP contribution >= 0.6 is 15.9 Å². The summed E-state index contributed by atoms with van der Waals surface area (Å²) in [6.07, 6.45) is 0. The fraction of sp³-hybridized carbons (Fsp3) is 0.133. The van der Waals surface area contributed by atoms with E-state index in [0.29, 0.717) is 16.0 Å². The standard InChI is InChI=1S/C15H14BrN3O5/c1-23-12-7-9(8-13(24-2)14(12)16)15(20)18-17-10-5-3-4-6-11(10)19(21)22/h3-8,17H,1-2H3,(H,18,20). The van der Waals surface area contributed by atoms with Gasteiger partial charge in [0.1, 0.15) is 21.7 Å². The van der Waals surface area contributed by atoms with Crippen molar-refractivity contribution in [2.45, 2.75) is 0 Å². The van der Waals surface area contributed by atoms with Crippen molar-refractivity contribution in [3.63, 3.8) is 0 Å². The number of nitrogens with zero attached hydrogens (tertiary/aromatic N) is 1. The molecule has 0 aromatic heterocycles. The Hall–Kier alpha value is -2.81. The lowest BCUT2D eigenvalue weighted by Crippen LogP contribution is -2.29. The first-order valence-corrected chi connectivity index (χ1v) is 7.48. The minimum absolute atomic E-state index is 0.149. The fourth-order valence-corrected chi connectivity index (χ4v) is 2.49. The number of benzene rings is 2. The van der Waals surface area contributed by atoms with Crippen LogP contribution < -0.4 is 20.3 Å². The van der Waals surface area contributed by atoms with Crippen LogP contribution in [0.25, 0.3) is 0 Å². The van der Waals surface area contributed by atoms with E-state index in [-0.39, 0.29) is 16.9 Å². The molecule has 2 N–H and O–H groups in total. The second kappa shape index (κ2) is 7.64. The van der Waals surface area contributed by atoms with Crippen LogP contribution in [0.2, 0.25) is 0 Å². The average Bonchev–Trinajstić information content (AvgIpc) is 2.59. The molecule has 0 aliphatic heterocycles. The van der Waals surface area contributed by atoms with Crippen LogP contribution in [0.1, 0.15) is 10.4 Å². The van der Waals surface area contributed by atoms with Gasteiger partial charge in [-0.3, -0.25) is 25.8 Å². The molecular weight excluding hydrogens is 382 g/mol. The Labute approximate surface area is 146 Å². The Morgan fingerprint density at radius 2 is 1.75 bits per heavy atom. The van der Waals surface area contributed by atoms with Gasteiger partial charge in [0.05, 0.1) is 19.1 Å². The lowest BCUT2D eigenvalue weighted by molar-refractivity contribution is -0.384. The summed E-state index contributed by atoms with van der Waals surface area (Å²) in [6, 6.07) is 9.01. The van der Waals surface area contributed by atoms with Crippen molar-refractivity contribution in [3.05, 3.63) is 56.5 Å². The lowest BCUT2D eigenvalue weighted by atomic mass is 10.2. The van der Waals surface area contributed by atoms with E-state index in [1.807, 2.05) is 0 Å². The molecule has 24 heavy (non-hydrogen) atoms. The Morgan fingerprint density at radius 1 is 1.17 bits per heavy atom. The summed E-state index contributed by atoms with van der Waals surface area (Å²) in [4.78, 5) is 22.7. The van der Waals surface area contributed by atoms with E-state index in [4.69, 9.17) is 9.47 Å². The van der Waals surface area contributed by atoms with Gasteiger partial charge in [0.15, 0.2) is 0 Å². The predicted octanol–water partition coefficient (Wildman–Crippen LogP) is 3.13. The van der Waals surface area contributed by atoms with Gasteiger partial charge in [0, 0.05) is 11.6 Å². The van der Waals surface area contributed by atoms with Gasteiger partial charge in [-0.15, -0.1) is 0 Å². The first kappa shape index (κ1) is 17.5. The van der Waals surface area contributed by atoms with Gasteiger partial charge in [-0.2, -0.15) is 0 Å². The van der Waals surface area contributed by atoms with E-state index >= 15 is 0 Å². The van der Waals surface area contributed by atoms with Gasteiger partial charge in [-0.25, -0.2) is 0 Å². The van der Waals surface area contributed by atoms with Gasteiger partial charge < -0.3 is 9.47 Å². The second-order valence-electron chi connectivity index (χ2n) is 4.55. The molecule has 126 valence electrons. The predicted molar refractivity (Wildman–Crippen MR) is 91.4 cm³/mol. The number of methoxy groups -OCH3 is 2. The van der Waals surface area contributed by atoms with Crippen molar-refractivity contribution < 1.29 is 19.2 Å². The molecule has 2 rings (SSSR count). The zero-order valence-corrected chi connectivity index (χ0v) is 14.4. The van der Waals surface area contributed by atoms with Crippen LogP contribution in [0.5, 0.6) is 11.5 Å². The topological polar surface area (TPSA) is 103 Å². The third-order valence-electron chi connectivity index (χ3n) is 3.12. The SMILES string of the molecule is COc1cc(C(=O)NNc2ccccc2[N+](=O)[O-])cc(OC)c1Br. The maximum Gasteiger partial charge on any atom is 0.294 e. The van der Waals surface area contributed by atoms with Crippen LogP contribution in [0, 0.1) is 10.1 Å². The van der Waals surface area contributed by atoms with Crippen molar-refractivity contribution in [2.24, 2.45) is 0 Å². The normalized spacial score (nSPS) is 9.96. The number of ether oxygens (including phenoxy) is 2. The van der Waals surface area contributed by atoms with Gasteiger partial charge in [0.2, 0.25) is 0 Å². The molecule has 0 radical (unpaired) electrons. The number of carbonyl (C=O) groups excluding carboxylic acids is 1. The third-order valence-corrected chi connectivity index (χ3v) is 3.90. The van der Waals surface area contributed by atoms with Crippen LogP contribution in [0.4, 0.5) is 11.4 Å². The highest BCUT2D eigenvalue weighted by Gasteiger charge is 2.16. The summed E-state index contributed by atoms with van der Waals surface area (Å²) in [6.45, 7) is 0. The number of hydrogen-bond acceptors (Lipinski definition) is 6. The molecule has 0 unspecified atom stereocenters. The maximum atomic E-state index is 12.3. The minimum Gasteiger partial charge on any atom is -0.495 e. The van der Waals surface area contributed by atoms with Gasteiger partial charge in [-0.1, -0.05) is 12.1 Å². The number of para-hydroxylation sites is 2. The fourth-order valence-electron chi connectivity index (χ4n) is 1.94. The molecule has 0 atom stereocenters. The van der Waals surface area contributed by atoms with Crippen LogP contribution in [0.3, 0.4) is 0 Å². The molecule has 2 aromatic rings. The molecule has 0 spiro atoms. The van der Waals surface area contributed by atoms with E-state index in [0.717, 1.165) is 0 Å². The summed E-state index contributed by atoms with van der Waals surface area (Å²) in [5.74, 6) is 0.340. The number of carbonyl (C=O) groups is 1. The van der Waals surface area contributed by atoms with Crippen molar-refractivity contribution >= 4 is 33.2 Å². The van der Waals surface area contributed by atoms with Crippen molar-refractivity contribution in [1.82, 2.24) is 5.43 Å². The van der Waals surface area contributed by atoms with Crippen molar-refractivity contribution in [3.8, 4) is 11.5 Å². The Balaban J connectivity index is 2.21. The number of hydrazine groups is 1. The molecule has 0 heterocycles. The lowest BCUT2D eigenvalue weighted by Gasteiger charge is -2.12. The molecule has 9 heteroatoms. The number of nitro groups is 1. The van der Waals surface area contributed by atoms with Gasteiger partial charge in [-0.05, 0) is 34.1 Å². The second-order valence-corrected chi connectivity index (χ2v) is 5.34. The molecule has 1 amide bonds. The number of amides is 1. The summed E-state index contributed by atoms with van der Waals surface area (Å²) in [7, 11) is 2.93. The molecule has 0 fully saturated rings. The summed E-state index contributed by atoms with van der Waals surface area (Å²) in [5, 5.41) is 11.0. The third kappa shape index (κ3) is 3.74. The van der Waals surface area contributed by atoms with E-state index in [1.165, 1.54) is 44.6 Å². The number of rotatable bonds is 6. The highest BCUT2D eigenvalue weighted by atomic mass is 79.9. The number of nitrogens with one attached hydrogen (secondary N) is 2. The highest BCUT2D eigenvalue weighted by molar-refractivity contribution is 9.10. The number of anilines is 1. The Kier molecular flexibility index (Phi) is 5.59. The van der Waals surface area contributed by atoms with E-state index in [2.05, 4.69) is 26.8 Å². The maximum absolute atomic E-state index is 12.3. The molecule has 0 saturated heterocycles. The molecule has 0 aliphatic carbocycles.